The molecule has 4 heteroatoms. The van der Waals surface area contributed by atoms with E-state index in [2.05, 4.69) is 4.98 Å². The summed E-state index contributed by atoms with van der Waals surface area (Å²) in [6.45, 7) is 6.60. The predicted molar refractivity (Wildman–Crippen MR) is 86.7 cm³/mol. The Bertz CT molecular complexity index is 621. The second-order valence-electron chi connectivity index (χ2n) is 5.46. The Morgan fingerprint density at radius 1 is 1.18 bits per heavy atom. The van der Waals surface area contributed by atoms with E-state index in [0.717, 1.165) is 16.8 Å². The number of carbonyl (C=O) groups is 1. The van der Waals surface area contributed by atoms with Crippen LogP contribution in [-0.4, -0.2) is 34.0 Å². The molecule has 2 aromatic rings. The second kappa shape index (κ2) is 7.18. The maximum Gasteiger partial charge on any atom is 0.255 e. The fraction of sp³-hybridized carbons (Fsp3) is 0.333. The second-order valence-corrected chi connectivity index (χ2v) is 5.46. The van der Waals surface area contributed by atoms with E-state index < -0.39 is 6.10 Å². The first-order valence-electron chi connectivity index (χ1n) is 7.47. The highest BCUT2D eigenvalue weighted by atomic mass is 16.3. The van der Waals surface area contributed by atoms with Crippen molar-refractivity contribution in [1.82, 2.24) is 9.88 Å². The van der Waals surface area contributed by atoms with E-state index >= 15 is 0 Å². The van der Waals surface area contributed by atoms with Crippen molar-refractivity contribution >= 4 is 5.91 Å². The summed E-state index contributed by atoms with van der Waals surface area (Å²) in [6.07, 6.45) is 0.890. The van der Waals surface area contributed by atoms with Gasteiger partial charge in [-0.15, -0.1) is 0 Å². The van der Waals surface area contributed by atoms with Crippen LogP contribution in [0.25, 0.3) is 0 Å². The van der Waals surface area contributed by atoms with Crippen molar-refractivity contribution in [1.29, 1.82) is 0 Å². The van der Waals surface area contributed by atoms with E-state index in [-0.39, 0.29) is 12.5 Å². The van der Waals surface area contributed by atoms with Crippen molar-refractivity contribution in [3.63, 3.8) is 0 Å². The Morgan fingerprint density at radius 2 is 1.86 bits per heavy atom. The molecule has 0 aliphatic carbocycles. The highest BCUT2D eigenvalue weighted by molar-refractivity contribution is 5.93. The molecule has 22 heavy (non-hydrogen) atoms. The number of aromatic nitrogens is 1. The summed E-state index contributed by atoms with van der Waals surface area (Å²) >= 11 is 0. The standard InChI is InChI=1S/C18H22N2O2/c1-4-20(18(22)16-10-7-14(3)19-11-16)12-17(21)15-8-5-13(2)6-9-15/h5-11,17,21H,4,12H2,1-3H3. The third kappa shape index (κ3) is 3.92. The Kier molecular flexibility index (Phi) is 5.28. The quantitative estimate of drug-likeness (QED) is 0.923. The van der Waals surface area contributed by atoms with E-state index in [9.17, 15) is 9.90 Å². The van der Waals surface area contributed by atoms with Crippen LogP contribution in [0.5, 0.6) is 0 Å². The minimum absolute atomic E-state index is 0.110. The number of aliphatic hydroxyl groups excluding tert-OH is 1. The highest BCUT2D eigenvalue weighted by Crippen LogP contribution is 2.16. The SMILES string of the molecule is CCN(CC(O)c1ccc(C)cc1)C(=O)c1ccc(C)nc1. The van der Waals surface area contributed by atoms with Crippen LogP contribution in [-0.2, 0) is 0 Å². The van der Waals surface area contributed by atoms with Gasteiger partial charge < -0.3 is 10.0 Å². The Hall–Kier alpha value is -2.20. The van der Waals surface area contributed by atoms with Crippen LogP contribution < -0.4 is 0 Å². The van der Waals surface area contributed by atoms with Crippen molar-refractivity contribution in [2.45, 2.75) is 26.9 Å². The summed E-state index contributed by atoms with van der Waals surface area (Å²) in [5.41, 5.74) is 3.38. The van der Waals surface area contributed by atoms with E-state index in [1.165, 1.54) is 0 Å². The Balaban J connectivity index is 2.09. The third-order valence-electron chi connectivity index (χ3n) is 3.68. The summed E-state index contributed by atoms with van der Waals surface area (Å²) in [4.78, 5) is 18.3. The first-order chi connectivity index (χ1) is 10.5. The van der Waals surface area contributed by atoms with E-state index in [1.54, 1.807) is 17.2 Å². The minimum Gasteiger partial charge on any atom is -0.387 e. The summed E-state index contributed by atoms with van der Waals surface area (Å²) < 4.78 is 0. The molecule has 0 fully saturated rings. The molecule has 1 aromatic carbocycles. The van der Waals surface area contributed by atoms with Crippen LogP contribution in [0.2, 0.25) is 0 Å². The molecule has 0 bridgehead atoms. The number of aliphatic hydroxyl groups is 1. The number of aryl methyl sites for hydroxylation is 2. The molecular formula is C18H22N2O2. The monoisotopic (exact) mass is 298 g/mol. The predicted octanol–water partition coefficient (Wildman–Crippen LogP) is 2.89. The minimum atomic E-state index is -0.692. The lowest BCUT2D eigenvalue weighted by Gasteiger charge is -2.24. The highest BCUT2D eigenvalue weighted by Gasteiger charge is 2.19. The van der Waals surface area contributed by atoms with Gasteiger partial charge >= 0.3 is 0 Å². The molecule has 2 rings (SSSR count). The summed E-state index contributed by atoms with van der Waals surface area (Å²) in [7, 11) is 0. The first kappa shape index (κ1) is 16.2. The number of pyridine rings is 1. The van der Waals surface area contributed by atoms with Crippen LogP contribution in [0.4, 0.5) is 0 Å². The first-order valence-corrected chi connectivity index (χ1v) is 7.47. The zero-order valence-electron chi connectivity index (χ0n) is 13.3. The van der Waals surface area contributed by atoms with Gasteiger partial charge in [0, 0.05) is 18.4 Å². The van der Waals surface area contributed by atoms with Crippen molar-refractivity contribution < 1.29 is 9.90 Å². The fourth-order valence-corrected chi connectivity index (χ4v) is 2.24. The van der Waals surface area contributed by atoms with Gasteiger partial charge in [0.1, 0.15) is 0 Å². The molecule has 0 radical (unpaired) electrons. The third-order valence-corrected chi connectivity index (χ3v) is 3.68. The molecule has 0 aliphatic heterocycles. The van der Waals surface area contributed by atoms with Crippen molar-refractivity contribution in [2.75, 3.05) is 13.1 Å². The van der Waals surface area contributed by atoms with Crippen LogP contribution in [0.3, 0.4) is 0 Å². The number of rotatable bonds is 5. The molecule has 116 valence electrons. The van der Waals surface area contributed by atoms with E-state index in [0.29, 0.717) is 12.1 Å². The largest absolute Gasteiger partial charge is 0.387 e. The van der Waals surface area contributed by atoms with Crippen molar-refractivity contribution in [3.05, 3.63) is 65.0 Å². The van der Waals surface area contributed by atoms with E-state index in [1.807, 2.05) is 51.1 Å². The average Bonchev–Trinajstić information content (AvgIpc) is 2.53. The normalized spacial score (nSPS) is 12.0. The van der Waals surface area contributed by atoms with Gasteiger partial charge in [-0.25, -0.2) is 0 Å². The van der Waals surface area contributed by atoms with Crippen molar-refractivity contribution in [3.8, 4) is 0 Å². The molecule has 1 N–H and O–H groups in total. The topological polar surface area (TPSA) is 53.4 Å². The number of hydrogen-bond donors (Lipinski definition) is 1. The Morgan fingerprint density at radius 3 is 2.41 bits per heavy atom. The number of amides is 1. The molecule has 1 atom stereocenters. The molecule has 1 unspecified atom stereocenters. The van der Waals surface area contributed by atoms with Gasteiger partial charge in [-0.3, -0.25) is 9.78 Å². The maximum absolute atomic E-state index is 12.5. The lowest BCUT2D eigenvalue weighted by Crippen LogP contribution is -2.34. The van der Waals surface area contributed by atoms with Crippen LogP contribution >= 0.6 is 0 Å². The molecule has 1 heterocycles. The lowest BCUT2D eigenvalue weighted by molar-refractivity contribution is 0.0634. The van der Waals surface area contributed by atoms with Gasteiger partial charge in [0.25, 0.3) is 5.91 Å². The van der Waals surface area contributed by atoms with Crippen LogP contribution in [0.15, 0.2) is 42.6 Å². The number of benzene rings is 1. The molecule has 0 aliphatic rings. The smallest absolute Gasteiger partial charge is 0.255 e. The van der Waals surface area contributed by atoms with Crippen molar-refractivity contribution in [2.24, 2.45) is 0 Å². The number of carbonyl (C=O) groups excluding carboxylic acids is 1. The van der Waals surface area contributed by atoms with Gasteiger partial charge in [-0.05, 0) is 38.5 Å². The molecule has 0 spiro atoms. The van der Waals surface area contributed by atoms with Gasteiger partial charge in [-0.2, -0.15) is 0 Å². The molecule has 0 saturated heterocycles. The summed E-state index contributed by atoms with van der Waals surface area (Å²) in [5, 5.41) is 10.3. The summed E-state index contributed by atoms with van der Waals surface area (Å²) in [5.74, 6) is -0.110. The Labute approximate surface area is 131 Å². The van der Waals surface area contributed by atoms with Gasteiger partial charge in [0.2, 0.25) is 0 Å². The van der Waals surface area contributed by atoms with Crippen LogP contribution in [0, 0.1) is 13.8 Å². The van der Waals surface area contributed by atoms with E-state index in [4.69, 9.17) is 0 Å². The number of hydrogen-bond acceptors (Lipinski definition) is 3. The lowest BCUT2D eigenvalue weighted by atomic mass is 10.1. The molecule has 1 amide bonds. The zero-order valence-corrected chi connectivity index (χ0v) is 13.3. The molecule has 4 nitrogen and oxygen atoms in total. The molecule has 1 aromatic heterocycles. The number of nitrogens with zero attached hydrogens (tertiary/aromatic N) is 2. The van der Waals surface area contributed by atoms with Gasteiger partial charge in [0.05, 0.1) is 18.2 Å². The molecular weight excluding hydrogens is 276 g/mol. The molecule has 0 saturated carbocycles. The zero-order chi connectivity index (χ0) is 16.1. The van der Waals surface area contributed by atoms with Gasteiger partial charge in [0.15, 0.2) is 0 Å². The average molecular weight is 298 g/mol. The number of likely N-dealkylation sites (N-methyl/N-ethyl adjacent to an activating group) is 1. The maximum atomic E-state index is 12.5. The summed E-state index contributed by atoms with van der Waals surface area (Å²) in [6, 6.07) is 11.3. The van der Waals surface area contributed by atoms with Crippen LogP contribution in [0.1, 0.15) is 40.2 Å². The van der Waals surface area contributed by atoms with Gasteiger partial charge in [-0.1, -0.05) is 29.8 Å². The fourth-order valence-electron chi connectivity index (χ4n) is 2.24.